The molecule has 2 aliphatic heterocycles. The van der Waals surface area contributed by atoms with Crippen molar-refractivity contribution in [3.63, 3.8) is 0 Å². The number of thiocarbonyl (C=S) groups is 1. The summed E-state index contributed by atoms with van der Waals surface area (Å²) in [5.74, 6) is -0.0694. The first kappa shape index (κ1) is 16.4. The molecular formula is C15H19N3O3S2. The van der Waals surface area contributed by atoms with Crippen molar-refractivity contribution in [1.82, 2.24) is 14.5 Å². The molecule has 2 aliphatic rings. The molecule has 0 aliphatic carbocycles. The molecule has 0 atom stereocenters. The molecule has 2 fully saturated rings. The van der Waals surface area contributed by atoms with Crippen molar-refractivity contribution in [3.8, 4) is 0 Å². The summed E-state index contributed by atoms with van der Waals surface area (Å²) in [6, 6.07) is 6.70. The van der Waals surface area contributed by atoms with Gasteiger partial charge in [0, 0.05) is 13.1 Å². The summed E-state index contributed by atoms with van der Waals surface area (Å²) in [6.45, 7) is 1.76. The van der Waals surface area contributed by atoms with Gasteiger partial charge in [0.05, 0.1) is 18.0 Å². The highest BCUT2D eigenvalue weighted by molar-refractivity contribution is 7.89. The highest BCUT2D eigenvalue weighted by Gasteiger charge is 2.27. The Labute approximate surface area is 141 Å². The zero-order valence-corrected chi connectivity index (χ0v) is 14.3. The quantitative estimate of drug-likeness (QED) is 0.820. The topological polar surface area (TPSA) is 69.7 Å². The Kier molecular flexibility index (Phi) is 4.65. The van der Waals surface area contributed by atoms with Gasteiger partial charge < -0.3 is 5.32 Å². The Morgan fingerprint density at radius 1 is 1.09 bits per heavy atom. The lowest BCUT2D eigenvalue weighted by atomic mass is 10.2. The average molecular weight is 353 g/mol. The molecule has 0 saturated carbocycles. The predicted octanol–water partition coefficient (Wildman–Crippen LogP) is 1.08. The lowest BCUT2D eigenvalue weighted by molar-refractivity contribution is -0.124. The van der Waals surface area contributed by atoms with E-state index >= 15 is 0 Å². The van der Waals surface area contributed by atoms with Crippen LogP contribution in [0.15, 0.2) is 29.2 Å². The number of benzene rings is 1. The number of rotatable bonds is 4. The van der Waals surface area contributed by atoms with Crippen LogP contribution in [0.25, 0.3) is 0 Å². The molecule has 1 amide bonds. The number of hydrogen-bond donors (Lipinski definition) is 1. The molecule has 6 nitrogen and oxygen atoms in total. The molecule has 3 rings (SSSR count). The van der Waals surface area contributed by atoms with E-state index in [1.807, 2.05) is 0 Å². The van der Waals surface area contributed by atoms with Crippen LogP contribution in [0.5, 0.6) is 0 Å². The zero-order chi connectivity index (χ0) is 16.4. The van der Waals surface area contributed by atoms with Crippen molar-refractivity contribution in [2.24, 2.45) is 0 Å². The fourth-order valence-corrected chi connectivity index (χ4v) is 4.57. The van der Waals surface area contributed by atoms with E-state index in [2.05, 4.69) is 5.32 Å². The van der Waals surface area contributed by atoms with E-state index in [0.717, 1.165) is 24.8 Å². The van der Waals surface area contributed by atoms with Gasteiger partial charge in [-0.25, -0.2) is 8.42 Å². The lowest BCUT2D eigenvalue weighted by Crippen LogP contribution is -2.35. The van der Waals surface area contributed by atoms with Crippen molar-refractivity contribution in [2.45, 2.75) is 30.7 Å². The van der Waals surface area contributed by atoms with Crippen molar-refractivity contribution < 1.29 is 13.2 Å². The molecule has 2 saturated heterocycles. The molecule has 1 aromatic rings. The Balaban J connectivity index is 1.74. The minimum atomic E-state index is -3.41. The maximum Gasteiger partial charge on any atom is 0.248 e. The number of carbonyl (C=O) groups is 1. The van der Waals surface area contributed by atoms with Crippen molar-refractivity contribution in [2.75, 3.05) is 19.6 Å². The Bertz CT molecular complexity index is 694. The summed E-state index contributed by atoms with van der Waals surface area (Å²) >= 11 is 5.08. The van der Waals surface area contributed by atoms with Gasteiger partial charge in [-0.05, 0) is 42.8 Å². The van der Waals surface area contributed by atoms with Crippen LogP contribution in [0.4, 0.5) is 0 Å². The molecule has 23 heavy (non-hydrogen) atoms. The SMILES string of the molecule is O=C1CNC(=S)N1Cc1ccc(S(=O)(=O)N2CCCCC2)cc1. The lowest BCUT2D eigenvalue weighted by Gasteiger charge is -2.26. The van der Waals surface area contributed by atoms with E-state index in [4.69, 9.17) is 12.2 Å². The maximum atomic E-state index is 12.6. The van der Waals surface area contributed by atoms with Crippen molar-refractivity contribution in [1.29, 1.82) is 0 Å². The second-order valence-electron chi connectivity index (χ2n) is 5.75. The summed E-state index contributed by atoms with van der Waals surface area (Å²) in [7, 11) is -3.41. The first-order chi connectivity index (χ1) is 11.0. The van der Waals surface area contributed by atoms with Crippen LogP contribution in [0.3, 0.4) is 0 Å². The van der Waals surface area contributed by atoms with Crippen LogP contribution >= 0.6 is 12.2 Å². The van der Waals surface area contributed by atoms with E-state index in [0.29, 0.717) is 29.6 Å². The van der Waals surface area contributed by atoms with Crippen LogP contribution < -0.4 is 5.32 Å². The van der Waals surface area contributed by atoms with Crippen LogP contribution in [-0.4, -0.2) is 48.3 Å². The number of hydrogen-bond acceptors (Lipinski definition) is 4. The average Bonchev–Trinajstić information content (AvgIpc) is 2.88. The second-order valence-corrected chi connectivity index (χ2v) is 8.07. The molecule has 1 aromatic carbocycles. The smallest absolute Gasteiger partial charge is 0.248 e. The summed E-state index contributed by atoms with van der Waals surface area (Å²) in [4.78, 5) is 13.5. The van der Waals surface area contributed by atoms with Gasteiger partial charge in [-0.2, -0.15) is 4.31 Å². The number of amides is 1. The molecule has 8 heteroatoms. The molecule has 0 spiro atoms. The molecule has 0 unspecified atom stereocenters. The van der Waals surface area contributed by atoms with E-state index in [-0.39, 0.29) is 12.5 Å². The van der Waals surface area contributed by atoms with E-state index in [1.54, 1.807) is 28.6 Å². The monoisotopic (exact) mass is 353 g/mol. The normalized spacial score (nSPS) is 19.9. The first-order valence-corrected chi connectivity index (χ1v) is 9.50. The Hall–Kier alpha value is -1.51. The Morgan fingerprint density at radius 3 is 2.30 bits per heavy atom. The summed E-state index contributed by atoms with van der Waals surface area (Å²) < 4.78 is 26.7. The van der Waals surface area contributed by atoms with Crippen molar-refractivity contribution in [3.05, 3.63) is 29.8 Å². The third-order valence-electron chi connectivity index (χ3n) is 4.15. The van der Waals surface area contributed by atoms with Gasteiger partial charge in [0.1, 0.15) is 0 Å². The molecule has 0 bridgehead atoms. The molecular weight excluding hydrogens is 334 g/mol. The Morgan fingerprint density at radius 2 is 1.74 bits per heavy atom. The minimum absolute atomic E-state index is 0.0694. The summed E-state index contributed by atoms with van der Waals surface area (Å²) in [5, 5.41) is 3.24. The molecule has 0 aromatic heterocycles. The van der Waals surface area contributed by atoms with Gasteiger partial charge >= 0.3 is 0 Å². The number of carbonyl (C=O) groups excluding carboxylic acids is 1. The fourth-order valence-electron chi connectivity index (χ4n) is 2.82. The largest absolute Gasteiger partial charge is 0.353 e. The number of piperidine rings is 1. The highest BCUT2D eigenvalue weighted by Crippen LogP contribution is 2.21. The molecule has 2 heterocycles. The van der Waals surface area contributed by atoms with E-state index < -0.39 is 10.0 Å². The molecule has 124 valence electrons. The van der Waals surface area contributed by atoms with Gasteiger partial charge in [0.2, 0.25) is 15.9 Å². The van der Waals surface area contributed by atoms with Crippen molar-refractivity contribution >= 4 is 33.3 Å². The van der Waals surface area contributed by atoms with Gasteiger partial charge in [-0.15, -0.1) is 0 Å². The number of sulfonamides is 1. The molecule has 1 N–H and O–H groups in total. The summed E-state index contributed by atoms with van der Waals surface area (Å²) in [5.41, 5.74) is 0.849. The van der Waals surface area contributed by atoms with Crippen LogP contribution in [0.1, 0.15) is 24.8 Å². The molecule has 0 radical (unpaired) electrons. The van der Waals surface area contributed by atoms with Crippen LogP contribution in [-0.2, 0) is 21.4 Å². The third kappa shape index (κ3) is 3.39. The third-order valence-corrected chi connectivity index (χ3v) is 6.43. The standard InChI is InChI=1S/C15H19N3O3S2/c19-14-10-16-15(22)18(14)11-12-4-6-13(7-5-12)23(20,21)17-8-2-1-3-9-17/h4-7H,1-3,8-11H2,(H,16,22). The first-order valence-electron chi connectivity index (χ1n) is 7.66. The van der Waals surface area contributed by atoms with Gasteiger partial charge in [-0.1, -0.05) is 18.6 Å². The summed E-state index contributed by atoms with van der Waals surface area (Å²) in [6.07, 6.45) is 2.92. The minimum Gasteiger partial charge on any atom is -0.353 e. The predicted molar refractivity (Wildman–Crippen MR) is 90.2 cm³/mol. The number of nitrogens with one attached hydrogen (secondary N) is 1. The van der Waals surface area contributed by atoms with E-state index in [9.17, 15) is 13.2 Å². The van der Waals surface area contributed by atoms with Gasteiger partial charge in [-0.3, -0.25) is 9.69 Å². The van der Waals surface area contributed by atoms with E-state index in [1.165, 1.54) is 4.90 Å². The van der Waals surface area contributed by atoms with Gasteiger partial charge in [0.25, 0.3) is 0 Å². The fraction of sp³-hybridized carbons (Fsp3) is 0.467. The maximum absolute atomic E-state index is 12.6. The van der Waals surface area contributed by atoms with Gasteiger partial charge in [0.15, 0.2) is 5.11 Å². The zero-order valence-electron chi connectivity index (χ0n) is 12.7. The highest BCUT2D eigenvalue weighted by atomic mass is 32.2. The second kappa shape index (κ2) is 6.54. The van der Waals surface area contributed by atoms with Crippen LogP contribution in [0, 0.1) is 0 Å². The van der Waals surface area contributed by atoms with Crippen LogP contribution in [0.2, 0.25) is 0 Å². The number of nitrogens with zero attached hydrogens (tertiary/aromatic N) is 2.